The number of nitrogens with one attached hydrogen (secondary N) is 4. The molecular formula is C62H84N12O17. The number of esters is 2. The summed E-state index contributed by atoms with van der Waals surface area (Å²) in [4.78, 5) is 212. The lowest BCUT2D eigenvalue weighted by Gasteiger charge is -2.37. The third kappa shape index (κ3) is 13.6. The van der Waals surface area contributed by atoms with Gasteiger partial charge in [0.05, 0.1) is 35.9 Å². The Morgan fingerprint density at radius 3 is 1.67 bits per heavy atom. The van der Waals surface area contributed by atoms with Crippen LogP contribution >= 0.6 is 0 Å². The molecule has 6 N–H and O–H groups in total. The normalized spacial score (nSPS) is 27.7. The maximum atomic E-state index is 15.1. The zero-order valence-electron chi connectivity index (χ0n) is 54.5. The third-order valence-electron chi connectivity index (χ3n) is 17.9. The Morgan fingerprint density at radius 2 is 1.13 bits per heavy atom. The number of ether oxygens (including phenoxy) is 2. The summed E-state index contributed by atoms with van der Waals surface area (Å²) < 4.78 is 18.1. The lowest BCUT2D eigenvalue weighted by Crippen LogP contribution is -2.62. The first kappa shape index (κ1) is 69.4. The summed E-state index contributed by atoms with van der Waals surface area (Å²) in [5.74, 6) is -13.3. The van der Waals surface area contributed by atoms with Crippen molar-refractivity contribution in [1.82, 2.24) is 55.7 Å². The Hall–Kier alpha value is -9.05. The van der Waals surface area contributed by atoms with Crippen molar-refractivity contribution in [1.29, 1.82) is 0 Å². The van der Waals surface area contributed by atoms with Gasteiger partial charge in [0.15, 0.2) is 17.1 Å². The second kappa shape index (κ2) is 27.2. The van der Waals surface area contributed by atoms with Crippen LogP contribution in [0.25, 0.3) is 22.6 Å². The van der Waals surface area contributed by atoms with Gasteiger partial charge in [0, 0.05) is 46.2 Å². The predicted octanol–water partition coefficient (Wildman–Crippen LogP) is 0.0455. The molecule has 91 heavy (non-hydrogen) atoms. The molecular weight excluding hydrogens is 1180 g/mol. The van der Waals surface area contributed by atoms with E-state index in [1.807, 2.05) is 0 Å². The summed E-state index contributed by atoms with van der Waals surface area (Å²) in [5.41, 5.74) is 3.27. The first-order valence-electron chi connectivity index (χ1n) is 30.4. The van der Waals surface area contributed by atoms with E-state index < -0.39 is 209 Å². The van der Waals surface area contributed by atoms with E-state index in [1.165, 1.54) is 84.7 Å². The summed E-state index contributed by atoms with van der Waals surface area (Å²) in [6.45, 7) is 18.8. The van der Waals surface area contributed by atoms with Gasteiger partial charge >= 0.3 is 11.9 Å². The average Bonchev–Trinajstić information content (AvgIpc) is 1.43. The largest absolute Gasteiger partial charge is 0.458 e. The molecule has 4 fully saturated rings. The van der Waals surface area contributed by atoms with Gasteiger partial charge in [-0.25, -0.2) is 14.6 Å². The summed E-state index contributed by atoms with van der Waals surface area (Å²) in [7, 11) is 5.37. The number of likely N-dealkylation sites (N-methyl/N-ethyl adjacent to an activating group) is 4. The lowest BCUT2D eigenvalue weighted by molar-refractivity contribution is -0.163. The molecule has 1 aromatic rings. The van der Waals surface area contributed by atoms with Gasteiger partial charge in [-0.05, 0) is 90.7 Å². The number of anilines is 1. The first-order chi connectivity index (χ1) is 42.4. The number of nitrogens with two attached hydrogens (primary N) is 1. The molecule has 0 saturated carbocycles. The second-order valence-electron chi connectivity index (χ2n) is 25.4. The van der Waals surface area contributed by atoms with E-state index in [4.69, 9.17) is 24.6 Å². The number of benzene rings is 2. The van der Waals surface area contributed by atoms with E-state index in [1.54, 1.807) is 55.4 Å². The number of carbonyl (C=O) groups is 13. The van der Waals surface area contributed by atoms with Crippen LogP contribution in [-0.2, 0) is 62.2 Å². The van der Waals surface area contributed by atoms with Gasteiger partial charge in [0.1, 0.15) is 71.8 Å². The minimum absolute atomic E-state index is 0.0999. The van der Waals surface area contributed by atoms with Gasteiger partial charge in [-0.1, -0.05) is 47.6 Å². The molecule has 494 valence electrons. The molecule has 5 heterocycles. The minimum Gasteiger partial charge on any atom is -0.458 e. The van der Waals surface area contributed by atoms with Crippen molar-refractivity contribution in [2.75, 3.05) is 47.0 Å². The predicted molar refractivity (Wildman–Crippen MR) is 326 cm³/mol. The fourth-order valence-electron chi connectivity index (χ4n) is 12.1. The Bertz CT molecular complexity index is 3530. The topological polar surface area (TPSA) is 377 Å². The van der Waals surface area contributed by atoms with Crippen LogP contribution in [0.2, 0.25) is 0 Å². The quantitative estimate of drug-likeness (QED) is 0.118. The molecule has 2 unspecified atom stereocenters. The number of hydrogen-bond donors (Lipinski definition) is 5. The van der Waals surface area contributed by atoms with Crippen LogP contribution in [0.15, 0.2) is 21.3 Å². The van der Waals surface area contributed by atoms with Gasteiger partial charge < -0.3 is 70.3 Å². The van der Waals surface area contributed by atoms with Crippen LogP contribution in [0, 0.1) is 31.6 Å². The second-order valence-corrected chi connectivity index (χ2v) is 25.4. The van der Waals surface area contributed by atoms with E-state index in [0.29, 0.717) is 12.0 Å². The number of rotatable bonds is 7. The van der Waals surface area contributed by atoms with Crippen LogP contribution in [-0.4, -0.2) is 225 Å². The van der Waals surface area contributed by atoms with Gasteiger partial charge in [-0.2, -0.15) is 0 Å². The lowest BCUT2D eigenvalue weighted by atomic mass is 9.98. The van der Waals surface area contributed by atoms with Crippen LogP contribution in [0.4, 0.5) is 5.69 Å². The molecule has 1 aliphatic carbocycles. The SMILES string of the molecule is Cc1c2oc3c(C)ccc(C(=O)N[C@@H]4C(=O)N[C@@H](C(C)C)C(=O)N5C(C)CC[C@H]5C(=O)N(C)CC(=O)N(C)[C@@H](C(C)C)C(=O)O[C@@H]4C)c3nc-2c(C(=O)N[C@@H]2C(=O)N[C@@H](C(C)C)C(=O)N3C(C)C(=O)C[C@H]3C(=O)N(C)CC(=O)N(C)[C@@H](C)C(=O)O[C@@H]2C)c(N)c1=O. The van der Waals surface area contributed by atoms with E-state index >= 15 is 9.59 Å². The summed E-state index contributed by atoms with van der Waals surface area (Å²) in [6, 6.07) is -10.4. The number of amides is 10. The number of aryl methyl sites for hydroxylation is 1. The molecule has 6 aliphatic rings. The molecule has 7 rings (SSSR count). The zero-order chi connectivity index (χ0) is 68.0. The Morgan fingerprint density at radius 1 is 0.626 bits per heavy atom. The molecule has 0 radical (unpaired) electrons. The highest BCUT2D eigenvalue weighted by molar-refractivity contribution is 6.11. The highest BCUT2D eigenvalue weighted by Gasteiger charge is 2.50. The third-order valence-corrected chi connectivity index (χ3v) is 17.9. The molecule has 12 atom stereocenters. The van der Waals surface area contributed by atoms with Crippen molar-refractivity contribution in [3.63, 3.8) is 0 Å². The van der Waals surface area contributed by atoms with Crippen LogP contribution < -0.4 is 32.4 Å². The van der Waals surface area contributed by atoms with Crippen LogP contribution in [0.5, 0.6) is 0 Å². The molecule has 4 saturated heterocycles. The molecule has 10 amide bonds. The van der Waals surface area contributed by atoms with Crippen molar-refractivity contribution >= 4 is 93.6 Å². The Labute approximate surface area is 526 Å². The van der Waals surface area contributed by atoms with Crippen LogP contribution in [0.1, 0.15) is 127 Å². The van der Waals surface area contributed by atoms with Crippen molar-refractivity contribution < 1.29 is 76.2 Å². The fourth-order valence-corrected chi connectivity index (χ4v) is 12.1. The fraction of sp³-hybridized carbons (Fsp3) is 0.597. The summed E-state index contributed by atoms with van der Waals surface area (Å²) in [5, 5.41) is 10.5. The first-order valence-corrected chi connectivity index (χ1v) is 30.4. The highest BCUT2D eigenvalue weighted by Crippen LogP contribution is 2.36. The number of aromatic nitrogens is 1. The van der Waals surface area contributed by atoms with Gasteiger partial charge in [-0.15, -0.1) is 0 Å². The molecule has 0 aromatic heterocycles. The maximum absolute atomic E-state index is 15.1. The van der Waals surface area contributed by atoms with Crippen molar-refractivity contribution in [3.05, 3.63) is 44.6 Å². The molecule has 29 heteroatoms. The van der Waals surface area contributed by atoms with Crippen molar-refractivity contribution in [2.24, 2.45) is 17.8 Å². The van der Waals surface area contributed by atoms with Gasteiger partial charge in [-0.3, -0.25) is 57.5 Å². The average molecular weight is 1270 g/mol. The number of nitrogen functional groups attached to an aromatic ring is 1. The van der Waals surface area contributed by atoms with E-state index in [0.717, 1.165) is 19.6 Å². The molecule has 1 aromatic carbocycles. The summed E-state index contributed by atoms with van der Waals surface area (Å²) in [6.07, 6.45) is -2.87. The minimum atomic E-state index is -1.96. The number of hydrogen-bond acceptors (Lipinski definition) is 19. The highest BCUT2D eigenvalue weighted by atomic mass is 16.6. The maximum Gasteiger partial charge on any atom is 0.329 e. The number of ketones is 1. The van der Waals surface area contributed by atoms with E-state index in [-0.39, 0.29) is 34.4 Å². The molecule has 0 spiro atoms. The van der Waals surface area contributed by atoms with Crippen molar-refractivity contribution in [2.45, 2.75) is 182 Å². The zero-order valence-corrected chi connectivity index (χ0v) is 54.5. The summed E-state index contributed by atoms with van der Waals surface area (Å²) >= 11 is 0. The number of Topliss-reactive ketones (excluding diaryl/α,β-unsaturated/α-hetero) is 1. The molecule has 29 nitrogen and oxygen atoms in total. The van der Waals surface area contributed by atoms with Crippen LogP contribution in [0.3, 0.4) is 0 Å². The molecule has 0 bridgehead atoms. The smallest absolute Gasteiger partial charge is 0.329 e. The number of nitrogens with zero attached hydrogens (tertiary/aromatic N) is 7. The van der Waals surface area contributed by atoms with Gasteiger partial charge in [0.25, 0.3) is 11.8 Å². The number of fused-ring (bicyclic) bond motifs is 4. The monoisotopic (exact) mass is 1270 g/mol. The number of carbonyl (C=O) groups excluding carboxylic acids is 13. The standard InChI is InChI=1S/C62H84N12O17/c1-25(2)43-59(85)73-29(8)19-21-36(73)57(83)69(14)24-40(77)72(17)49(27(5)6)62(88)90-34(13)45(55(81)65-43)67-53(79)35-20-18-28(7)51-47(35)64-48-41(42(63)50(78)30(9)52(48)91-51)54(80)68-46-33(12)89-61(87)32(11)71(16)39(76)23-70(15)58(84)37-22-38(75)31(10)74(37)60(86)44(26(3)4)66-56(46)82/h18,20,25-27,29,31-34,36-37,43-46,49H,19,21-24,63H2,1-17H3,(H,65,81)(H,66,82)(H,67,79)(H,68,80)/t29?,31?,32-,33+,34+,36-,37-,43-,44-,45-,46-,49-/m0/s1. The number of cyclic esters (lactones) is 2. The van der Waals surface area contributed by atoms with E-state index in [2.05, 4.69) is 21.3 Å². The van der Waals surface area contributed by atoms with E-state index in [9.17, 15) is 57.5 Å². The molecule has 5 aliphatic heterocycles. The van der Waals surface area contributed by atoms with Gasteiger partial charge in [0.2, 0.25) is 52.7 Å². The Balaban J connectivity index is 1.32. The van der Waals surface area contributed by atoms with Crippen molar-refractivity contribution in [3.8, 4) is 11.5 Å². The Kier molecular flexibility index (Phi) is 20.7.